The van der Waals surface area contributed by atoms with Gasteiger partial charge in [0, 0.05) is 58.8 Å². The maximum atomic E-state index is 13.4. The van der Waals surface area contributed by atoms with E-state index in [0.29, 0.717) is 30.9 Å². The van der Waals surface area contributed by atoms with Gasteiger partial charge in [0.05, 0.1) is 20.3 Å². The second-order valence-corrected chi connectivity index (χ2v) is 13.9. The Hall–Kier alpha value is -3.79. The number of carbonyl (C=O) groups excluding carboxylic acids is 2. The van der Waals surface area contributed by atoms with Gasteiger partial charge in [-0.3, -0.25) is 38.8 Å². The van der Waals surface area contributed by atoms with Gasteiger partial charge >= 0.3 is 29.8 Å². The Morgan fingerprint density at radius 3 is 1.39 bits per heavy atom. The molecule has 1 aromatic carbocycles. The Kier molecular flexibility index (Phi) is 21.7. The molecule has 1 heterocycles. The molecule has 3 N–H and O–H groups in total. The van der Waals surface area contributed by atoms with Crippen LogP contribution in [0.15, 0.2) is 24.3 Å². The smallest absolute Gasteiger partial charge is 0.327 e. The minimum absolute atomic E-state index is 0.120. The predicted octanol–water partition coefficient (Wildman–Crippen LogP) is 3.99. The van der Waals surface area contributed by atoms with Crippen molar-refractivity contribution in [2.45, 2.75) is 110 Å². The van der Waals surface area contributed by atoms with E-state index in [-0.39, 0.29) is 58.3 Å². The predicted molar refractivity (Wildman–Crippen MR) is 202 cm³/mol. The average molecular weight is 765 g/mol. The molecule has 2 rings (SSSR count). The van der Waals surface area contributed by atoms with Crippen molar-refractivity contribution >= 4 is 29.8 Å². The van der Waals surface area contributed by atoms with E-state index in [9.17, 15) is 39.3 Å². The number of benzene rings is 1. The largest absolute Gasteiger partial charge is 0.494 e. The lowest BCUT2D eigenvalue weighted by Gasteiger charge is -2.38. The van der Waals surface area contributed by atoms with Crippen LogP contribution in [0.4, 0.5) is 0 Å². The normalized spacial score (nSPS) is 17.9. The molecule has 1 saturated heterocycles. The van der Waals surface area contributed by atoms with E-state index in [0.717, 1.165) is 51.4 Å². The molecule has 54 heavy (non-hydrogen) atoms. The third-order valence-corrected chi connectivity index (χ3v) is 10.2. The van der Waals surface area contributed by atoms with Crippen LogP contribution in [0, 0.1) is 0 Å². The lowest BCUT2D eigenvalue weighted by molar-refractivity contribution is -0.149. The summed E-state index contributed by atoms with van der Waals surface area (Å²) in [6, 6.07) is 3.79. The molecule has 0 amide bonds. The number of unbranched alkanes of at least 4 members (excludes halogenated alkanes) is 7. The molecule has 1 aliphatic heterocycles. The number of esters is 2. The summed E-state index contributed by atoms with van der Waals surface area (Å²) in [5.41, 5.74) is 0.653. The first-order valence-corrected chi connectivity index (χ1v) is 19.4. The molecular weight excluding hydrogens is 700 g/mol. The molecule has 0 spiro atoms. The molecule has 15 nitrogen and oxygen atoms in total. The molecule has 4 unspecified atom stereocenters. The number of methoxy groups -OCH3 is 1. The monoisotopic (exact) mass is 764 g/mol. The van der Waals surface area contributed by atoms with E-state index < -0.39 is 48.0 Å². The number of carbonyl (C=O) groups is 5. The highest BCUT2D eigenvalue weighted by molar-refractivity contribution is 5.78. The first kappa shape index (κ1) is 46.4. The summed E-state index contributed by atoms with van der Waals surface area (Å²) in [7, 11) is 1.31. The van der Waals surface area contributed by atoms with Crippen molar-refractivity contribution < 1.29 is 53.5 Å². The number of hydrogen-bond donors (Lipinski definition) is 3. The molecule has 4 atom stereocenters. The number of rotatable bonds is 22. The van der Waals surface area contributed by atoms with Gasteiger partial charge in [0.15, 0.2) is 0 Å². The van der Waals surface area contributed by atoms with Crippen molar-refractivity contribution in [3.63, 3.8) is 0 Å². The van der Waals surface area contributed by atoms with E-state index in [2.05, 4.69) is 0 Å². The van der Waals surface area contributed by atoms with Crippen LogP contribution in [0.2, 0.25) is 0 Å². The zero-order valence-corrected chi connectivity index (χ0v) is 33.0. The van der Waals surface area contributed by atoms with Gasteiger partial charge in [-0.05, 0) is 58.2 Å². The van der Waals surface area contributed by atoms with Crippen molar-refractivity contribution in [3.8, 4) is 5.75 Å². The van der Waals surface area contributed by atoms with Crippen molar-refractivity contribution in [3.05, 3.63) is 29.8 Å². The Morgan fingerprint density at radius 1 is 0.611 bits per heavy atom. The van der Waals surface area contributed by atoms with Crippen molar-refractivity contribution in [2.24, 2.45) is 0 Å². The number of ether oxygens (including phenoxy) is 3. The Balaban J connectivity index is 2.12. The van der Waals surface area contributed by atoms with Crippen LogP contribution >= 0.6 is 0 Å². The molecule has 0 aromatic heterocycles. The highest BCUT2D eigenvalue weighted by atomic mass is 16.5. The average Bonchev–Trinajstić information content (AvgIpc) is 3.14. The van der Waals surface area contributed by atoms with Gasteiger partial charge in [-0.2, -0.15) is 0 Å². The van der Waals surface area contributed by atoms with Crippen LogP contribution in [0.1, 0.15) is 97.1 Å². The standard InChI is InChI=1S/C39H64N4O11/c1-6-53-34(44)15-13-11-9-7-8-10-12-14-28-54-33-18-16-32(17-19-33)35(39(51)52-5)43-26-24-41(30(3)37(47)48)22-20-40(29(2)36(45)46)21-23-42(25-27-43)31(4)38(49)50/h16-19,29-31,35H,6-15,20-28H2,1-5H3,(H,45,46)(H,47,48)(H,49,50). The first-order valence-electron chi connectivity index (χ1n) is 19.4. The lowest BCUT2D eigenvalue weighted by Crippen LogP contribution is -2.54. The summed E-state index contributed by atoms with van der Waals surface area (Å²) in [6.07, 6.45) is 8.85. The number of carboxylic acids is 3. The third kappa shape index (κ3) is 16.3. The maximum absolute atomic E-state index is 13.4. The highest BCUT2D eigenvalue weighted by Gasteiger charge is 2.33. The summed E-state index contributed by atoms with van der Waals surface area (Å²) in [6.45, 7) is 9.55. The van der Waals surface area contributed by atoms with Crippen molar-refractivity contribution in [1.82, 2.24) is 19.6 Å². The van der Waals surface area contributed by atoms with Gasteiger partial charge < -0.3 is 29.5 Å². The number of hydrogen-bond acceptors (Lipinski definition) is 12. The topological polar surface area (TPSA) is 187 Å². The fourth-order valence-corrected chi connectivity index (χ4v) is 6.57. The summed E-state index contributed by atoms with van der Waals surface area (Å²) >= 11 is 0. The minimum Gasteiger partial charge on any atom is -0.494 e. The molecule has 306 valence electrons. The van der Waals surface area contributed by atoms with Crippen molar-refractivity contribution in [2.75, 3.05) is 72.7 Å². The number of carboxylic acid groups (broad SMARTS) is 3. The quantitative estimate of drug-likeness (QED) is 0.114. The zero-order valence-electron chi connectivity index (χ0n) is 33.0. The van der Waals surface area contributed by atoms with Crippen LogP contribution in [0.5, 0.6) is 5.75 Å². The Labute approximate surface area is 320 Å². The van der Waals surface area contributed by atoms with Crippen LogP contribution in [0.3, 0.4) is 0 Å². The van der Waals surface area contributed by atoms with Gasteiger partial charge in [-0.1, -0.05) is 50.7 Å². The molecule has 15 heteroatoms. The maximum Gasteiger partial charge on any atom is 0.327 e. The number of nitrogens with zero attached hydrogens (tertiary/aromatic N) is 4. The van der Waals surface area contributed by atoms with E-state index in [1.54, 1.807) is 35.5 Å². The van der Waals surface area contributed by atoms with E-state index in [4.69, 9.17) is 14.2 Å². The first-order chi connectivity index (χ1) is 25.8. The lowest BCUT2D eigenvalue weighted by atomic mass is 10.0. The highest BCUT2D eigenvalue weighted by Crippen LogP contribution is 2.26. The summed E-state index contributed by atoms with van der Waals surface area (Å²) < 4.78 is 16.2. The Bertz CT molecular complexity index is 1260. The molecular formula is C39H64N4O11. The molecule has 0 bridgehead atoms. The molecule has 0 aliphatic carbocycles. The molecule has 1 aromatic rings. The van der Waals surface area contributed by atoms with Crippen LogP contribution in [-0.2, 0) is 33.4 Å². The summed E-state index contributed by atoms with van der Waals surface area (Å²) in [5, 5.41) is 29.5. The van der Waals surface area contributed by atoms with Crippen LogP contribution in [0.25, 0.3) is 0 Å². The molecule has 0 saturated carbocycles. The zero-order chi connectivity index (χ0) is 40.0. The van der Waals surface area contributed by atoms with Crippen LogP contribution in [-0.4, -0.2) is 156 Å². The molecule has 1 aliphatic rings. The van der Waals surface area contributed by atoms with Gasteiger partial charge in [-0.25, -0.2) is 4.79 Å². The SMILES string of the molecule is CCOC(=O)CCCCCCCCCCOc1ccc(C(C(=O)OC)N2CCN(C(C)C(=O)O)CCN(C(C)C(=O)O)CCN(C(C)C(=O)O)CC2)cc1. The van der Waals surface area contributed by atoms with Gasteiger partial charge in [-0.15, -0.1) is 0 Å². The summed E-state index contributed by atoms with van der Waals surface area (Å²) in [5.74, 6) is -3.03. The van der Waals surface area contributed by atoms with Crippen LogP contribution < -0.4 is 4.74 Å². The van der Waals surface area contributed by atoms with Gasteiger partial charge in [0.2, 0.25) is 0 Å². The Morgan fingerprint density at radius 2 is 1.00 bits per heavy atom. The third-order valence-electron chi connectivity index (χ3n) is 10.2. The fourth-order valence-electron chi connectivity index (χ4n) is 6.57. The van der Waals surface area contributed by atoms with Crippen molar-refractivity contribution in [1.29, 1.82) is 0 Å². The summed E-state index contributed by atoms with van der Waals surface area (Å²) in [4.78, 5) is 68.1. The molecule has 1 fully saturated rings. The van der Waals surface area contributed by atoms with E-state index in [1.807, 2.05) is 36.1 Å². The second-order valence-electron chi connectivity index (χ2n) is 13.9. The fraction of sp³-hybridized carbons (Fsp3) is 0.718. The van der Waals surface area contributed by atoms with E-state index in [1.165, 1.54) is 7.11 Å². The second kappa shape index (κ2) is 25.3. The van der Waals surface area contributed by atoms with Gasteiger partial charge in [0.25, 0.3) is 0 Å². The number of aliphatic carboxylic acids is 3. The molecule has 0 radical (unpaired) electrons. The van der Waals surface area contributed by atoms with Gasteiger partial charge in [0.1, 0.15) is 29.9 Å². The van der Waals surface area contributed by atoms with E-state index >= 15 is 0 Å². The minimum atomic E-state index is -1.02.